The Balaban J connectivity index is 1.63. The van der Waals surface area contributed by atoms with Gasteiger partial charge in [0, 0.05) is 24.3 Å². The first-order valence-electron chi connectivity index (χ1n) is 9.45. The van der Waals surface area contributed by atoms with Crippen LogP contribution in [-0.2, 0) is 4.79 Å². The molecule has 1 saturated heterocycles. The van der Waals surface area contributed by atoms with Crippen LogP contribution in [0.25, 0.3) is 0 Å². The second kappa shape index (κ2) is 9.06. The zero-order chi connectivity index (χ0) is 20.1. The zero-order valence-corrected chi connectivity index (χ0v) is 17.4. The Bertz CT molecular complexity index is 876. The van der Waals surface area contributed by atoms with Crippen molar-refractivity contribution in [2.75, 3.05) is 32.1 Å². The monoisotopic (exact) mass is 398 g/mol. The van der Waals surface area contributed by atoms with Crippen LogP contribution in [0.15, 0.2) is 36.4 Å². The number of hydrogen-bond donors (Lipinski definition) is 1. The molecule has 2 aromatic carbocycles. The topological polar surface area (TPSA) is 50.8 Å². The van der Waals surface area contributed by atoms with Crippen molar-refractivity contribution in [2.45, 2.75) is 26.7 Å². The largest absolute Gasteiger partial charge is 0.493 e. The Morgan fingerprint density at radius 3 is 2.54 bits per heavy atom. The number of methoxy groups -OCH3 is 1. The van der Waals surface area contributed by atoms with Crippen molar-refractivity contribution in [3.05, 3.63) is 53.1 Å². The summed E-state index contributed by atoms with van der Waals surface area (Å²) in [5.74, 6) is 0.871. The Labute approximate surface area is 171 Å². The number of carbonyl (C=O) groups excluding carboxylic acids is 1. The predicted molar refractivity (Wildman–Crippen MR) is 116 cm³/mol. The summed E-state index contributed by atoms with van der Waals surface area (Å²) < 4.78 is 11.1. The molecule has 0 spiro atoms. The number of likely N-dealkylation sites (tertiary alicyclic amines) is 1. The van der Waals surface area contributed by atoms with E-state index in [1.807, 2.05) is 44.2 Å². The summed E-state index contributed by atoms with van der Waals surface area (Å²) in [6.45, 7) is 5.89. The van der Waals surface area contributed by atoms with Gasteiger partial charge >= 0.3 is 0 Å². The number of aryl methyl sites for hydroxylation is 2. The van der Waals surface area contributed by atoms with E-state index >= 15 is 0 Å². The van der Waals surface area contributed by atoms with Crippen LogP contribution in [0.1, 0.15) is 29.5 Å². The molecule has 2 aromatic rings. The van der Waals surface area contributed by atoms with Gasteiger partial charge in [0.25, 0.3) is 5.91 Å². The van der Waals surface area contributed by atoms with Gasteiger partial charge in [0.05, 0.1) is 7.11 Å². The van der Waals surface area contributed by atoms with Gasteiger partial charge in [-0.25, -0.2) is 0 Å². The molecule has 1 heterocycles. The number of benzene rings is 2. The minimum Gasteiger partial charge on any atom is -0.493 e. The third-order valence-corrected chi connectivity index (χ3v) is 5.31. The number of amides is 1. The van der Waals surface area contributed by atoms with Crippen molar-refractivity contribution in [1.29, 1.82) is 0 Å². The van der Waals surface area contributed by atoms with E-state index in [9.17, 15) is 4.79 Å². The summed E-state index contributed by atoms with van der Waals surface area (Å²) in [4.78, 5) is 15.3. The van der Waals surface area contributed by atoms with E-state index in [2.05, 4.69) is 10.2 Å². The molecular formula is C22H26N2O3S. The van der Waals surface area contributed by atoms with Gasteiger partial charge in [-0.3, -0.25) is 4.79 Å². The van der Waals surface area contributed by atoms with Crippen molar-refractivity contribution in [3.8, 4) is 11.5 Å². The first kappa shape index (κ1) is 20.1. The Morgan fingerprint density at radius 1 is 1.11 bits per heavy atom. The average Bonchev–Trinajstić information content (AvgIpc) is 3.22. The molecule has 1 aliphatic rings. The van der Waals surface area contributed by atoms with Gasteiger partial charge in [0.2, 0.25) is 0 Å². The molecular weight excluding hydrogens is 372 g/mol. The fourth-order valence-corrected chi connectivity index (χ4v) is 3.62. The number of thiocarbonyl (C=S) groups is 1. The smallest absolute Gasteiger partial charge is 0.262 e. The molecule has 3 rings (SSSR count). The quantitative estimate of drug-likeness (QED) is 0.743. The highest BCUT2D eigenvalue weighted by Crippen LogP contribution is 2.29. The van der Waals surface area contributed by atoms with E-state index in [0.717, 1.165) is 40.5 Å². The van der Waals surface area contributed by atoms with Crippen molar-refractivity contribution in [1.82, 2.24) is 4.90 Å². The van der Waals surface area contributed by atoms with Gasteiger partial charge in [-0.1, -0.05) is 29.9 Å². The number of rotatable bonds is 6. The molecule has 0 bridgehead atoms. The molecule has 5 nitrogen and oxygen atoms in total. The highest BCUT2D eigenvalue weighted by molar-refractivity contribution is 7.80. The van der Waals surface area contributed by atoms with Crippen molar-refractivity contribution < 1.29 is 14.3 Å². The normalized spacial score (nSPS) is 13.3. The number of carbonyl (C=O) groups is 1. The summed E-state index contributed by atoms with van der Waals surface area (Å²) in [7, 11) is 1.58. The van der Waals surface area contributed by atoms with Crippen LogP contribution >= 0.6 is 12.2 Å². The standard InChI is InChI=1S/C22H26N2O3S/c1-15-6-8-18(16(2)12-15)23-21(25)14-27-19-9-7-17(13-20(19)26-3)22(28)24-10-4-5-11-24/h6-9,12-13H,4-5,10-11,14H2,1-3H3,(H,23,25). The molecule has 0 aromatic heterocycles. The number of nitrogens with one attached hydrogen (secondary N) is 1. The molecule has 148 valence electrons. The van der Waals surface area contributed by atoms with E-state index in [-0.39, 0.29) is 12.5 Å². The van der Waals surface area contributed by atoms with Crippen molar-refractivity contribution >= 4 is 28.8 Å². The van der Waals surface area contributed by atoms with Gasteiger partial charge < -0.3 is 19.7 Å². The summed E-state index contributed by atoms with van der Waals surface area (Å²) in [6, 6.07) is 11.5. The predicted octanol–water partition coefficient (Wildman–Crippen LogP) is 4.10. The lowest BCUT2D eigenvalue weighted by Gasteiger charge is -2.19. The molecule has 1 amide bonds. The zero-order valence-electron chi connectivity index (χ0n) is 16.6. The first-order valence-corrected chi connectivity index (χ1v) is 9.86. The second-order valence-corrected chi connectivity index (χ2v) is 7.41. The molecule has 1 N–H and O–H groups in total. The van der Waals surface area contributed by atoms with Crippen LogP contribution < -0.4 is 14.8 Å². The lowest BCUT2D eigenvalue weighted by molar-refractivity contribution is -0.118. The third-order valence-electron chi connectivity index (χ3n) is 4.82. The van der Waals surface area contributed by atoms with Crippen LogP contribution in [-0.4, -0.2) is 42.6 Å². The second-order valence-electron chi connectivity index (χ2n) is 7.02. The Kier molecular flexibility index (Phi) is 6.52. The summed E-state index contributed by atoms with van der Waals surface area (Å²) in [5, 5.41) is 2.88. The van der Waals surface area contributed by atoms with Crippen molar-refractivity contribution in [2.24, 2.45) is 0 Å². The van der Waals surface area contributed by atoms with Gasteiger partial charge in [-0.2, -0.15) is 0 Å². The van der Waals surface area contributed by atoms with Gasteiger partial charge in [-0.15, -0.1) is 0 Å². The van der Waals surface area contributed by atoms with Gasteiger partial charge in [0.1, 0.15) is 4.99 Å². The van der Waals surface area contributed by atoms with E-state index in [1.54, 1.807) is 13.2 Å². The molecule has 1 fully saturated rings. The Hall–Kier alpha value is -2.60. The first-order chi connectivity index (χ1) is 13.5. The van der Waals surface area contributed by atoms with Crippen LogP contribution in [0.5, 0.6) is 11.5 Å². The Morgan fingerprint density at radius 2 is 1.86 bits per heavy atom. The number of hydrogen-bond acceptors (Lipinski definition) is 4. The number of nitrogens with zero attached hydrogens (tertiary/aromatic N) is 1. The molecule has 0 radical (unpaired) electrons. The third kappa shape index (κ3) is 4.81. The highest BCUT2D eigenvalue weighted by Gasteiger charge is 2.18. The van der Waals surface area contributed by atoms with Gasteiger partial charge in [-0.05, 0) is 56.5 Å². The fraction of sp³-hybridized carbons (Fsp3) is 0.364. The van der Waals surface area contributed by atoms with E-state index < -0.39 is 0 Å². The highest BCUT2D eigenvalue weighted by atomic mass is 32.1. The van der Waals surface area contributed by atoms with Crippen LogP contribution in [0.4, 0.5) is 5.69 Å². The van der Waals surface area contributed by atoms with E-state index in [1.165, 1.54) is 12.8 Å². The summed E-state index contributed by atoms with van der Waals surface area (Å²) in [6.07, 6.45) is 2.35. The number of anilines is 1. The summed E-state index contributed by atoms with van der Waals surface area (Å²) >= 11 is 5.60. The maximum absolute atomic E-state index is 12.3. The molecule has 1 aliphatic heterocycles. The molecule has 0 aliphatic carbocycles. The molecule has 0 unspecified atom stereocenters. The minimum absolute atomic E-state index is 0.0976. The van der Waals surface area contributed by atoms with E-state index in [4.69, 9.17) is 21.7 Å². The van der Waals surface area contributed by atoms with Crippen molar-refractivity contribution in [3.63, 3.8) is 0 Å². The van der Waals surface area contributed by atoms with Crippen LogP contribution in [0, 0.1) is 13.8 Å². The summed E-state index contributed by atoms with van der Waals surface area (Å²) in [5.41, 5.74) is 3.90. The molecule has 28 heavy (non-hydrogen) atoms. The molecule has 0 atom stereocenters. The van der Waals surface area contributed by atoms with Crippen LogP contribution in [0.2, 0.25) is 0 Å². The maximum atomic E-state index is 12.3. The van der Waals surface area contributed by atoms with E-state index in [0.29, 0.717) is 11.5 Å². The van der Waals surface area contributed by atoms with Crippen LogP contribution in [0.3, 0.4) is 0 Å². The minimum atomic E-state index is -0.217. The molecule has 0 saturated carbocycles. The fourth-order valence-electron chi connectivity index (χ4n) is 3.31. The SMILES string of the molecule is COc1cc(C(=S)N2CCCC2)ccc1OCC(=O)Nc1ccc(C)cc1C. The average molecular weight is 399 g/mol. The van der Waals surface area contributed by atoms with Gasteiger partial charge in [0.15, 0.2) is 18.1 Å². The molecule has 6 heteroatoms. The maximum Gasteiger partial charge on any atom is 0.262 e. The number of ether oxygens (including phenoxy) is 2. The lowest BCUT2D eigenvalue weighted by Crippen LogP contribution is -2.26. The lowest BCUT2D eigenvalue weighted by atomic mass is 10.1.